The molecule has 0 spiro atoms. The molecule has 2 amide bonds. The van der Waals surface area contributed by atoms with Crippen LogP contribution in [0.25, 0.3) is 0 Å². The van der Waals surface area contributed by atoms with Crippen LogP contribution in [0.1, 0.15) is 36.2 Å². The van der Waals surface area contributed by atoms with E-state index in [2.05, 4.69) is 5.32 Å². The highest BCUT2D eigenvalue weighted by Gasteiger charge is 2.23. The third-order valence-electron chi connectivity index (χ3n) is 3.12. The fourth-order valence-electron chi connectivity index (χ4n) is 1.66. The standard InChI is InChI=1S/C14H20N2O2/c1-4-10(3)12(13(15)17)16-14(18)11-7-5-9(2)6-8-11/h5-8,10,12H,4H2,1-3H3,(H2,15,17)(H,16,18). The molecule has 1 aromatic rings. The van der Waals surface area contributed by atoms with Crippen molar-refractivity contribution in [3.8, 4) is 0 Å². The first-order valence-corrected chi connectivity index (χ1v) is 6.12. The minimum atomic E-state index is -0.621. The van der Waals surface area contributed by atoms with E-state index in [-0.39, 0.29) is 11.8 Å². The molecule has 0 saturated carbocycles. The molecule has 3 N–H and O–H groups in total. The lowest BCUT2D eigenvalue weighted by atomic mass is 9.98. The molecule has 0 saturated heterocycles. The highest BCUT2D eigenvalue weighted by atomic mass is 16.2. The number of primary amides is 1. The van der Waals surface area contributed by atoms with Gasteiger partial charge >= 0.3 is 0 Å². The van der Waals surface area contributed by atoms with Crippen molar-refractivity contribution in [2.75, 3.05) is 0 Å². The summed E-state index contributed by atoms with van der Waals surface area (Å²) in [4.78, 5) is 23.3. The molecule has 0 radical (unpaired) electrons. The first kappa shape index (κ1) is 14.2. The molecule has 2 unspecified atom stereocenters. The SMILES string of the molecule is CCC(C)C(NC(=O)c1ccc(C)cc1)C(N)=O. The summed E-state index contributed by atoms with van der Waals surface area (Å²) < 4.78 is 0. The van der Waals surface area contributed by atoms with Gasteiger partial charge < -0.3 is 11.1 Å². The predicted molar refractivity (Wildman–Crippen MR) is 71.1 cm³/mol. The van der Waals surface area contributed by atoms with E-state index in [1.54, 1.807) is 12.1 Å². The molecule has 0 bridgehead atoms. The second-order valence-corrected chi connectivity index (χ2v) is 4.61. The van der Waals surface area contributed by atoms with E-state index < -0.39 is 11.9 Å². The Hall–Kier alpha value is -1.84. The largest absolute Gasteiger partial charge is 0.368 e. The number of nitrogens with two attached hydrogens (primary N) is 1. The van der Waals surface area contributed by atoms with Crippen LogP contribution in [0.4, 0.5) is 0 Å². The van der Waals surface area contributed by atoms with Gasteiger partial charge in [0.25, 0.3) is 5.91 Å². The van der Waals surface area contributed by atoms with Gasteiger partial charge in [0, 0.05) is 5.56 Å². The zero-order valence-corrected chi connectivity index (χ0v) is 11.1. The molecule has 4 heteroatoms. The van der Waals surface area contributed by atoms with E-state index in [9.17, 15) is 9.59 Å². The van der Waals surface area contributed by atoms with Crippen LogP contribution in [0.5, 0.6) is 0 Å². The van der Waals surface area contributed by atoms with E-state index in [0.29, 0.717) is 5.56 Å². The molecule has 0 aliphatic heterocycles. The smallest absolute Gasteiger partial charge is 0.251 e. The van der Waals surface area contributed by atoms with Crippen molar-refractivity contribution in [2.24, 2.45) is 11.7 Å². The van der Waals surface area contributed by atoms with Crippen molar-refractivity contribution < 1.29 is 9.59 Å². The molecule has 4 nitrogen and oxygen atoms in total. The zero-order valence-electron chi connectivity index (χ0n) is 11.1. The van der Waals surface area contributed by atoms with Gasteiger partial charge in [-0.15, -0.1) is 0 Å². The maximum atomic E-state index is 12.0. The highest BCUT2D eigenvalue weighted by molar-refractivity contribution is 5.97. The van der Waals surface area contributed by atoms with Crippen LogP contribution in [0, 0.1) is 12.8 Å². The first-order chi connectivity index (χ1) is 8.45. The fourth-order valence-corrected chi connectivity index (χ4v) is 1.66. The summed E-state index contributed by atoms with van der Waals surface area (Å²) >= 11 is 0. The molecule has 18 heavy (non-hydrogen) atoms. The van der Waals surface area contributed by atoms with Gasteiger partial charge in [0.05, 0.1) is 0 Å². The summed E-state index contributed by atoms with van der Waals surface area (Å²) in [5.74, 6) is -0.735. The highest BCUT2D eigenvalue weighted by Crippen LogP contribution is 2.09. The van der Waals surface area contributed by atoms with Gasteiger partial charge in [-0.1, -0.05) is 38.0 Å². The van der Waals surface area contributed by atoms with Crippen LogP contribution in [-0.4, -0.2) is 17.9 Å². The number of aryl methyl sites for hydroxylation is 1. The van der Waals surface area contributed by atoms with Gasteiger partial charge in [-0.25, -0.2) is 0 Å². The summed E-state index contributed by atoms with van der Waals surface area (Å²) in [6.45, 7) is 5.80. The first-order valence-electron chi connectivity index (χ1n) is 6.12. The number of hydrogen-bond acceptors (Lipinski definition) is 2. The van der Waals surface area contributed by atoms with Crippen LogP contribution >= 0.6 is 0 Å². The second kappa shape index (κ2) is 6.19. The summed E-state index contributed by atoms with van der Waals surface area (Å²) in [6.07, 6.45) is 0.780. The fraction of sp³-hybridized carbons (Fsp3) is 0.429. The van der Waals surface area contributed by atoms with Crippen LogP contribution in [0.15, 0.2) is 24.3 Å². The van der Waals surface area contributed by atoms with Gasteiger partial charge in [0.2, 0.25) is 5.91 Å². The molecule has 0 aliphatic carbocycles. The number of carbonyl (C=O) groups is 2. The number of nitrogens with one attached hydrogen (secondary N) is 1. The molecular formula is C14H20N2O2. The monoisotopic (exact) mass is 248 g/mol. The van der Waals surface area contributed by atoms with Crippen molar-refractivity contribution in [2.45, 2.75) is 33.2 Å². The Bertz CT molecular complexity index is 426. The minimum absolute atomic E-state index is 0.0249. The Morgan fingerprint density at radius 2 is 1.83 bits per heavy atom. The number of rotatable bonds is 5. The molecule has 1 rings (SSSR count). The average Bonchev–Trinajstić information content (AvgIpc) is 2.35. The molecule has 1 aromatic carbocycles. The van der Waals surface area contributed by atoms with E-state index in [4.69, 9.17) is 5.73 Å². The van der Waals surface area contributed by atoms with Crippen LogP contribution in [-0.2, 0) is 4.79 Å². The van der Waals surface area contributed by atoms with Crippen LogP contribution < -0.4 is 11.1 Å². The van der Waals surface area contributed by atoms with Gasteiger partial charge in [-0.2, -0.15) is 0 Å². The maximum Gasteiger partial charge on any atom is 0.251 e. The normalized spacial score (nSPS) is 13.7. The van der Waals surface area contributed by atoms with E-state index in [1.165, 1.54) is 0 Å². The Morgan fingerprint density at radius 3 is 2.28 bits per heavy atom. The average molecular weight is 248 g/mol. The molecule has 0 fully saturated rings. The Labute approximate surface area is 108 Å². The number of hydrogen-bond donors (Lipinski definition) is 2. The molecule has 0 aliphatic rings. The van der Waals surface area contributed by atoms with Crippen molar-refractivity contribution in [3.05, 3.63) is 35.4 Å². The summed E-state index contributed by atoms with van der Waals surface area (Å²) in [7, 11) is 0. The summed E-state index contributed by atoms with van der Waals surface area (Å²) in [5.41, 5.74) is 6.93. The minimum Gasteiger partial charge on any atom is -0.368 e. The molecule has 0 aromatic heterocycles. The van der Waals surface area contributed by atoms with Crippen molar-refractivity contribution in [1.82, 2.24) is 5.32 Å². The Kier molecular flexibility index (Phi) is 4.89. The number of carbonyl (C=O) groups excluding carboxylic acids is 2. The molecule has 2 atom stereocenters. The number of amides is 2. The zero-order chi connectivity index (χ0) is 13.7. The molecular weight excluding hydrogens is 228 g/mol. The Balaban J connectivity index is 2.78. The van der Waals surface area contributed by atoms with Crippen LogP contribution in [0.3, 0.4) is 0 Å². The third kappa shape index (κ3) is 3.58. The van der Waals surface area contributed by atoms with E-state index >= 15 is 0 Å². The van der Waals surface area contributed by atoms with Crippen LogP contribution in [0.2, 0.25) is 0 Å². The van der Waals surface area contributed by atoms with Crippen molar-refractivity contribution in [3.63, 3.8) is 0 Å². The Morgan fingerprint density at radius 1 is 1.28 bits per heavy atom. The van der Waals surface area contributed by atoms with Crippen molar-refractivity contribution in [1.29, 1.82) is 0 Å². The predicted octanol–water partition coefficient (Wildman–Crippen LogP) is 1.62. The van der Waals surface area contributed by atoms with Gasteiger partial charge in [-0.3, -0.25) is 9.59 Å². The van der Waals surface area contributed by atoms with Gasteiger partial charge in [0.15, 0.2) is 0 Å². The van der Waals surface area contributed by atoms with E-state index in [1.807, 2.05) is 32.9 Å². The lowest BCUT2D eigenvalue weighted by Gasteiger charge is -2.21. The van der Waals surface area contributed by atoms with Gasteiger partial charge in [-0.05, 0) is 25.0 Å². The maximum absolute atomic E-state index is 12.0. The van der Waals surface area contributed by atoms with E-state index in [0.717, 1.165) is 12.0 Å². The third-order valence-corrected chi connectivity index (χ3v) is 3.12. The van der Waals surface area contributed by atoms with Crippen molar-refractivity contribution >= 4 is 11.8 Å². The lowest BCUT2D eigenvalue weighted by molar-refractivity contribution is -0.120. The summed E-state index contributed by atoms with van der Waals surface area (Å²) in [6, 6.07) is 6.57. The van der Waals surface area contributed by atoms with Gasteiger partial charge in [0.1, 0.15) is 6.04 Å². The summed E-state index contributed by atoms with van der Waals surface area (Å²) in [5, 5.41) is 2.69. The molecule has 98 valence electrons. The molecule has 0 heterocycles. The lowest BCUT2D eigenvalue weighted by Crippen LogP contribution is -2.48. The topological polar surface area (TPSA) is 72.2 Å². The second-order valence-electron chi connectivity index (χ2n) is 4.61. The number of benzene rings is 1. The quantitative estimate of drug-likeness (QED) is 0.831.